The molecule has 1 aliphatic rings. The number of carbonyl (C=O) groups excluding carboxylic acids is 1. The number of likely N-dealkylation sites (tertiary alicyclic amines) is 1. The number of benzene rings is 1. The summed E-state index contributed by atoms with van der Waals surface area (Å²) in [5.41, 5.74) is 5.04. The normalized spacial score (nSPS) is 16.2. The zero-order valence-electron chi connectivity index (χ0n) is 17.1. The highest BCUT2D eigenvalue weighted by atomic mass is 16.5. The van der Waals surface area contributed by atoms with Crippen molar-refractivity contribution in [3.8, 4) is 11.4 Å². The average molecular weight is 390 g/mol. The van der Waals surface area contributed by atoms with E-state index in [9.17, 15) is 4.79 Å². The van der Waals surface area contributed by atoms with Gasteiger partial charge in [0.25, 0.3) is 0 Å². The fourth-order valence-electron chi connectivity index (χ4n) is 3.77. The summed E-state index contributed by atoms with van der Waals surface area (Å²) in [5.74, 6) is 0.956. The van der Waals surface area contributed by atoms with Crippen LogP contribution >= 0.6 is 0 Å². The molecule has 150 valence electrons. The lowest BCUT2D eigenvalue weighted by atomic mass is 10.1. The largest absolute Gasteiger partial charge is 0.488 e. The molecule has 2 aromatic heterocycles. The number of pyridine rings is 1. The van der Waals surface area contributed by atoms with Gasteiger partial charge in [0.1, 0.15) is 11.9 Å². The van der Waals surface area contributed by atoms with Gasteiger partial charge in [0.2, 0.25) is 5.91 Å². The summed E-state index contributed by atoms with van der Waals surface area (Å²) in [4.78, 5) is 18.8. The molecule has 6 nitrogen and oxygen atoms in total. The number of ether oxygens (including phenoxy) is 1. The molecular weight excluding hydrogens is 364 g/mol. The third-order valence-electron chi connectivity index (χ3n) is 5.21. The average Bonchev–Trinajstić information content (AvgIpc) is 3.28. The number of nitrogens with zero attached hydrogens (tertiary/aromatic N) is 4. The Labute approximate surface area is 171 Å². The standard InChI is InChI=1S/C23H26N4O2/c1-16-13-21(8-10-24-16)29-22-9-11-26(15-22)23(28)14-19-4-6-20(7-5-19)27-18(3)12-17(2)25-27/h4-8,10,12-13,22H,9,11,14-15H2,1-3H3. The summed E-state index contributed by atoms with van der Waals surface area (Å²) in [6.07, 6.45) is 3.04. The van der Waals surface area contributed by atoms with Crippen LogP contribution in [0.15, 0.2) is 48.7 Å². The molecule has 1 amide bonds. The van der Waals surface area contributed by atoms with E-state index < -0.39 is 0 Å². The van der Waals surface area contributed by atoms with Crippen LogP contribution in [0.25, 0.3) is 5.69 Å². The topological polar surface area (TPSA) is 60.2 Å². The Bertz CT molecular complexity index is 1010. The molecule has 0 N–H and O–H groups in total. The molecule has 3 aromatic rings. The smallest absolute Gasteiger partial charge is 0.227 e. The predicted molar refractivity (Wildman–Crippen MR) is 111 cm³/mol. The quantitative estimate of drug-likeness (QED) is 0.670. The Morgan fingerprint density at radius 1 is 1.10 bits per heavy atom. The number of carbonyl (C=O) groups is 1. The van der Waals surface area contributed by atoms with Crippen molar-refractivity contribution < 1.29 is 9.53 Å². The zero-order valence-corrected chi connectivity index (χ0v) is 17.1. The van der Waals surface area contributed by atoms with E-state index in [2.05, 4.69) is 16.1 Å². The molecule has 29 heavy (non-hydrogen) atoms. The van der Waals surface area contributed by atoms with Crippen molar-refractivity contribution in [2.24, 2.45) is 0 Å². The van der Waals surface area contributed by atoms with Gasteiger partial charge in [-0.15, -0.1) is 0 Å². The summed E-state index contributed by atoms with van der Waals surface area (Å²) in [6, 6.07) is 13.9. The van der Waals surface area contributed by atoms with Gasteiger partial charge >= 0.3 is 0 Å². The van der Waals surface area contributed by atoms with E-state index in [0.717, 1.165) is 47.0 Å². The third-order valence-corrected chi connectivity index (χ3v) is 5.21. The minimum Gasteiger partial charge on any atom is -0.488 e. The molecular formula is C23H26N4O2. The van der Waals surface area contributed by atoms with Gasteiger partial charge in [-0.1, -0.05) is 12.1 Å². The molecule has 1 saturated heterocycles. The lowest BCUT2D eigenvalue weighted by Crippen LogP contribution is -2.32. The molecule has 0 aliphatic carbocycles. The molecule has 1 atom stereocenters. The molecule has 3 heterocycles. The number of hydrogen-bond acceptors (Lipinski definition) is 4. The molecule has 0 spiro atoms. The van der Waals surface area contributed by atoms with Crippen molar-refractivity contribution in [3.63, 3.8) is 0 Å². The second-order valence-electron chi connectivity index (χ2n) is 7.68. The minimum atomic E-state index is 0.0363. The van der Waals surface area contributed by atoms with Crippen molar-refractivity contribution >= 4 is 5.91 Å². The maximum atomic E-state index is 12.7. The summed E-state index contributed by atoms with van der Waals surface area (Å²) in [6.45, 7) is 7.33. The van der Waals surface area contributed by atoms with Crippen LogP contribution in [-0.2, 0) is 11.2 Å². The summed E-state index contributed by atoms with van der Waals surface area (Å²) >= 11 is 0. The van der Waals surface area contributed by atoms with Crippen LogP contribution in [-0.4, -0.2) is 44.8 Å². The van der Waals surface area contributed by atoms with Crippen LogP contribution in [0.2, 0.25) is 0 Å². The third kappa shape index (κ3) is 4.47. The summed E-state index contributed by atoms with van der Waals surface area (Å²) < 4.78 is 7.94. The molecule has 0 radical (unpaired) electrons. The lowest BCUT2D eigenvalue weighted by Gasteiger charge is -2.17. The molecule has 1 aliphatic heterocycles. The summed E-state index contributed by atoms with van der Waals surface area (Å²) in [5, 5.41) is 4.51. The van der Waals surface area contributed by atoms with Crippen LogP contribution in [0.5, 0.6) is 5.75 Å². The second kappa shape index (κ2) is 8.07. The Hall–Kier alpha value is -3.15. The van der Waals surface area contributed by atoms with Crippen LogP contribution in [0.4, 0.5) is 0 Å². The minimum absolute atomic E-state index is 0.0363. The van der Waals surface area contributed by atoms with Gasteiger partial charge in [0.15, 0.2) is 0 Å². The predicted octanol–water partition coefficient (Wildman–Crippen LogP) is 3.41. The first-order valence-electron chi connectivity index (χ1n) is 9.97. The molecule has 4 rings (SSSR count). The molecule has 0 saturated carbocycles. The number of hydrogen-bond donors (Lipinski definition) is 0. The van der Waals surface area contributed by atoms with Gasteiger partial charge in [-0.3, -0.25) is 9.78 Å². The first-order chi connectivity index (χ1) is 14.0. The Morgan fingerprint density at radius 3 is 2.59 bits per heavy atom. The molecule has 0 bridgehead atoms. The van der Waals surface area contributed by atoms with E-state index >= 15 is 0 Å². The SMILES string of the molecule is Cc1cc(OC2CCN(C(=O)Cc3ccc(-n4nc(C)cc4C)cc3)C2)ccn1. The highest BCUT2D eigenvalue weighted by molar-refractivity contribution is 5.79. The number of aromatic nitrogens is 3. The van der Waals surface area contributed by atoms with E-state index in [-0.39, 0.29) is 12.0 Å². The molecule has 1 fully saturated rings. The number of amides is 1. The van der Waals surface area contributed by atoms with E-state index in [1.165, 1.54) is 0 Å². The number of aryl methyl sites for hydroxylation is 3. The Morgan fingerprint density at radius 2 is 1.90 bits per heavy atom. The molecule has 6 heteroatoms. The van der Waals surface area contributed by atoms with E-state index in [1.54, 1.807) is 6.20 Å². The highest BCUT2D eigenvalue weighted by Crippen LogP contribution is 2.20. The van der Waals surface area contributed by atoms with Crippen LogP contribution < -0.4 is 4.74 Å². The van der Waals surface area contributed by atoms with Gasteiger partial charge in [0, 0.05) is 36.6 Å². The van der Waals surface area contributed by atoms with E-state index in [0.29, 0.717) is 13.0 Å². The van der Waals surface area contributed by atoms with E-state index in [1.807, 2.05) is 66.8 Å². The van der Waals surface area contributed by atoms with Gasteiger partial charge in [-0.2, -0.15) is 5.10 Å². The fourth-order valence-corrected chi connectivity index (χ4v) is 3.77. The maximum absolute atomic E-state index is 12.7. The molecule has 1 unspecified atom stereocenters. The van der Waals surface area contributed by atoms with Crippen molar-refractivity contribution in [1.29, 1.82) is 0 Å². The van der Waals surface area contributed by atoms with Gasteiger partial charge in [0.05, 0.1) is 24.3 Å². The van der Waals surface area contributed by atoms with Crippen LogP contribution in [0.3, 0.4) is 0 Å². The van der Waals surface area contributed by atoms with Crippen LogP contribution in [0.1, 0.15) is 29.1 Å². The van der Waals surface area contributed by atoms with Gasteiger partial charge < -0.3 is 9.64 Å². The summed E-state index contributed by atoms with van der Waals surface area (Å²) in [7, 11) is 0. The first kappa shape index (κ1) is 19.2. The molecule has 1 aromatic carbocycles. The monoisotopic (exact) mass is 390 g/mol. The highest BCUT2D eigenvalue weighted by Gasteiger charge is 2.27. The van der Waals surface area contributed by atoms with Crippen molar-refractivity contribution in [2.75, 3.05) is 13.1 Å². The van der Waals surface area contributed by atoms with Crippen molar-refractivity contribution in [2.45, 2.75) is 39.7 Å². The number of rotatable bonds is 5. The van der Waals surface area contributed by atoms with Crippen LogP contribution in [0, 0.1) is 20.8 Å². The van der Waals surface area contributed by atoms with Gasteiger partial charge in [-0.05, 0) is 50.6 Å². The second-order valence-corrected chi connectivity index (χ2v) is 7.68. The fraction of sp³-hybridized carbons (Fsp3) is 0.348. The van der Waals surface area contributed by atoms with E-state index in [4.69, 9.17) is 4.74 Å². The lowest BCUT2D eigenvalue weighted by molar-refractivity contribution is -0.129. The maximum Gasteiger partial charge on any atom is 0.227 e. The van der Waals surface area contributed by atoms with Gasteiger partial charge in [-0.25, -0.2) is 4.68 Å². The zero-order chi connectivity index (χ0) is 20.4. The Balaban J connectivity index is 1.34. The van der Waals surface area contributed by atoms with Crippen molar-refractivity contribution in [3.05, 3.63) is 71.3 Å². The first-order valence-corrected chi connectivity index (χ1v) is 9.97. The Kier molecular flexibility index (Phi) is 5.34. The van der Waals surface area contributed by atoms with Crippen molar-refractivity contribution in [1.82, 2.24) is 19.7 Å².